The first kappa shape index (κ1) is 18.0. The first-order valence-electron chi connectivity index (χ1n) is 7.96. The summed E-state index contributed by atoms with van der Waals surface area (Å²) in [5.74, 6) is 0.0689. The van der Waals surface area contributed by atoms with Crippen LogP contribution in [0.15, 0.2) is 48.1 Å². The third-order valence-corrected chi connectivity index (χ3v) is 3.23. The first-order valence-corrected chi connectivity index (χ1v) is 7.96. The standard InChI is InChI=1S/C18H26N2O2/c1-2-3-11-17(21)19-14-15-20-18(22)13-12-16-9-7-5-4-6-8-10-16/h4-10H,2-3,11-15H2,1H3,(H,19,21)(H,20,22)/b5-4-,6-4?,7-5?,8-6-,9-7?,10-8?,16-9?,16-10?. The number of hydrogen-bond acceptors (Lipinski definition) is 2. The second kappa shape index (κ2) is 11.5. The Morgan fingerprint density at radius 2 is 1.55 bits per heavy atom. The molecule has 0 radical (unpaired) electrons. The normalized spacial score (nSPS) is 16.1. The Morgan fingerprint density at radius 3 is 2.27 bits per heavy atom. The largest absolute Gasteiger partial charge is 0.354 e. The fourth-order valence-electron chi connectivity index (χ4n) is 1.95. The lowest BCUT2D eigenvalue weighted by atomic mass is 10.1. The molecule has 0 aliphatic heterocycles. The van der Waals surface area contributed by atoms with Crippen molar-refractivity contribution < 1.29 is 9.59 Å². The molecule has 1 aliphatic carbocycles. The summed E-state index contributed by atoms with van der Waals surface area (Å²) in [7, 11) is 0. The molecule has 2 N–H and O–H groups in total. The van der Waals surface area contributed by atoms with Crippen molar-refractivity contribution in [3.05, 3.63) is 48.1 Å². The van der Waals surface area contributed by atoms with E-state index in [1.165, 1.54) is 0 Å². The molecule has 0 fully saturated rings. The average Bonchev–Trinajstić information content (AvgIpc) is 2.48. The van der Waals surface area contributed by atoms with Crippen LogP contribution < -0.4 is 10.6 Å². The van der Waals surface area contributed by atoms with Gasteiger partial charge in [0.05, 0.1) is 0 Å². The van der Waals surface area contributed by atoms with Gasteiger partial charge >= 0.3 is 0 Å². The molecule has 120 valence electrons. The van der Waals surface area contributed by atoms with Crippen LogP contribution in [-0.4, -0.2) is 24.9 Å². The lowest BCUT2D eigenvalue weighted by molar-refractivity contribution is -0.122. The van der Waals surface area contributed by atoms with Crippen LogP contribution in [0.1, 0.15) is 39.0 Å². The van der Waals surface area contributed by atoms with E-state index in [-0.39, 0.29) is 11.8 Å². The molecule has 4 nitrogen and oxygen atoms in total. The van der Waals surface area contributed by atoms with Crippen LogP contribution in [0.5, 0.6) is 0 Å². The third kappa shape index (κ3) is 8.95. The van der Waals surface area contributed by atoms with Gasteiger partial charge in [0.2, 0.25) is 11.8 Å². The van der Waals surface area contributed by atoms with Gasteiger partial charge in [-0.05, 0) is 18.4 Å². The topological polar surface area (TPSA) is 58.2 Å². The van der Waals surface area contributed by atoms with Crippen molar-refractivity contribution in [3.8, 4) is 0 Å². The zero-order valence-corrected chi connectivity index (χ0v) is 13.3. The first-order chi connectivity index (χ1) is 10.7. The van der Waals surface area contributed by atoms with E-state index in [9.17, 15) is 9.59 Å². The third-order valence-electron chi connectivity index (χ3n) is 3.23. The molecule has 4 heteroatoms. The second-order valence-corrected chi connectivity index (χ2v) is 5.17. The van der Waals surface area contributed by atoms with Crippen molar-refractivity contribution in [3.63, 3.8) is 0 Å². The quantitative estimate of drug-likeness (QED) is 0.643. The van der Waals surface area contributed by atoms with Gasteiger partial charge in [0.25, 0.3) is 0 Å². The SMILES string of the molecule is CCCCC(=O)NCCNC(=O)CCC1=C/C=C\C=C/C=C1. The van der Waals surface area contributed by atoms with Gasteiger partial charge in [-0.3, -0.25) is 9.59 Å². The number of allylic oxidation sites excluding steroid dienone is 8. The Balaban J connectivity index is 2.12. The van der Waals surface area contributed by atoms with Crippen LogP contribution in [0.25, 0.3) is 0 Å². The molecule has 1 rings (SSSR count). The Labute approximate surface area is 133 Å². The fourth-order valence-corrected chi connectivity index (χ4v) is 1.95. The van der Waals surface area contributed by atoms with Gasteiger partial charge in [-0.2, -0.15) is 0 Å². The molecule has 0 aromatic rings. The molecule has 0 aromatic carbocycles. The zero-order chi connectivity index (χ0) is 16.0. The fraction of sp³-hybridized carbons (Fsp3) is 0.444. The van der Waals surface area contributed by atoms with Crippen LogP contribution in [-0.2, 0) is 9.59 Å². The lowest BCUT2D eigenvalue weighted by Gasteiger charge is -2.07. The van der Waals surface area contributed by atoms with Gasteiger partial charge in [0.1, 0.15) is 0 Å². The highest BCUT2D eigenvalue weighted by atomic mass is 16.2. The summed E-state index contributed by atoms with van der Waals surface area (Å²) in [6.07, 6.45) is 17.5. The number of amides is 2. The highest BCUT2D eigenvalue weighted by Gasteiger charge is 2.03. The summed E-state index contributed by atoms with van der Waals surface area (Å²) in [5, 5.41) is 5.63. The van der Waals surface area contributed by atoms with Crippen LogP contribution in [0.4, 0.5) is 0 Å². The molecule has 0 unspecified atom stereocenters. The summed E-state index contributed by atoms with van der Waals surface area (Å²) in [5.41, 5.74) is 1.13. The maximum atomic E-state index is 11.7. The molecule has 1 aliphatic rings. The van der Waals surface area contributed by atoms with E-state index in [0.29, 0.717) is 32.4 Å². The van der Waals surface area contributed by atoms with Crippen LogP contribution in [0.3, 0.4) is 0 Å². The van der Waals surface area contributed by atoms with Crippen LogP contribution in [0, 0.1) is 0 Å². The Kier molecular flexibility index (Phi) is 9.42. The molecule has 0 aromatic heterocycles. The van der Waals surface area contributed by atoms with Crippen LogP contribution >= 0.6 is 0 Å². The maximum Gasteiger partial charge on any atom is 0.220 e. The highest BCUT2D eigenvalue weighted by molar-refractivity contribution is 5.77. The number of unbranched alkanes of at least 4 members (excludes halogenated alkanes) is 1. The van der Waals surface area contributed by atoms with Crippen molar-refractivity contribution in [1.82, 2.24) is 10.6 Å². The molecule has 22 heavy (non-hydrogen) atoms. The Morgan fingerprint density at radius 1 is 0.909 bits per heavy atom. The monoisotopic (exact) mass is 302 g/mol. The van der Waals surface area contributed by atoms with E-state index < -0.39 is 0 Å². The minimum atomic E-state index is 0.0127. The highest BCUT2D eigenvalue weighted by Crippen LogP contribution is 2.09. The van der Waals surface area contributed by atoms with Gasteiger partial charge < -0.3 is 10.6 Å². The number of rotatable bonds is 9. The maximum absolute atomic E-state index is 11.7. The summed E-state index contributed by atoms with van der Waals surface area (Å²) >= 11 is 0. The minimum absolute atomic E-state index is 0.0127. The minimum Gasteiger partial charge on any atom is -0.354 e. The molecule has 0 saturated carbocycles. The molecule has 0 saturated heterocycles. The Bertz CT molecular complexity index is 473. The van der Waals surface area contributed by atoms with Gasteiger partial charge in [-0.15, -0.1) is 0 Å². The van der Waals surface area contributed by atoms with Gasteiger partial charge in [0, 0.05) is 25.9 Å². The van der Waals surface area contributed by atoms with E-state index in [1.807, 2.05) is 42.5 Å². The summed E-state index contributed by atoms with van der Waals surface area (Å²) in [6.45, 7) is 3.03. The number of hydrogen-bond donors (Lipinski definition) is 2. The van der Waals surface area contributed by atoms with E-state index in [4.69, 9.17) is 0 Å². The van der Waals surface area contributed by atoms with Crippen molar-refractivity contribution in [2.45, 2.75) is 39.0 Å². The number of carbonyl (C=O) groups is 2. The predicted octanol–water partition coefficient (Wildman–Crippen LogP) is 2.80. The van der Waals surface area contributed by atoms with Gasteiger partial charge in [0.15, 0.2) is 0 Å². The van der Waals surface area contributed by atoms with Crippen molar-refractivity contribution in [1.29, 1.82) is 0 Å². The summed E-state index contributed by atoms with van der Waals surface area (Å²) in [4.78, 5) is 23.1. The summed E-state index contributed by atoms with van der Waals surface area (Å²) < 4.78 is 0. The van der Waals surface area contributed by atoms with Crippen LogP contribution in [0.2, 0.25) is 0 Å². The molecule has 0 atom stereocenters. The van der Waals surface area contributed by atoms with Gasteiger partial charge in [-0.25, -0.2) is 0 Å². The summed E-state index contributed by atoms with van der Waals surface area (Å²) in [6, 6.07) is 0. The van der Waals surface area contributed by atoms with E-state index in [0.717, 1.165) is 18.4 Å². The molecular weight excluding hydrogens is 276 g/mol. The molecule has 0 bridgehead atoms. The number of nitrogens with one attached hydrogen (secondary N) is 2. The van der Waals surface area contributed by atoms with E-state index in [1.54, 1.807) is 0 Å². The van der Waals surface area contributed by atoms with Crippen molar-refractivity contribution in [2.75, 3.05) is 13.1 Å². The second-order valence-electron chi connectivity index (χ2n) is 5.17. The molecule has 0 heterocycles. The molecule has 0 spiro atoms. The smallest absolute Gasteiger partial charge is 0.220 e. The van der Waals surface area contributed by atoms with E-state index >= 15 is 0 Å². The van der Waals surface area contributed by atoms with Crippen molar-refractivity contribution >= 4 is 11.8 Å². The molecular formula is C18H26N2O2. The average molecular weight is 302 g/mol. The van der Waals surface area contributed by atoms with Gasteiger partial charge in [-0.1, -0.05) is 55.9 Å². The lowest BCUT2D eigenvalue weighted by Crippen LogP contribution is -2.34. The zero-order valence-electron chi connectivity index (χ0n) is 13.3. The predicted molar refractivity (Wildman–Crippen MR) is 90.3 cm³/mol. The number of carbonyl (C=O) groups excluding carboxylic acids is 2. The van der Waals surface area contributed by atoms with E-state index in [2.05, 4.69) is 17.6 Å². The molecule has 2 amide bonds. The van der Waals surface area contributed by atoms with Crippen molar-refractivity contribution in [2.24, 2.45) is 0 Å². The Hall–Kier alpha value is -2.10.